The summed E-state index contributed by atoms with van der Waals surface area (Å²) in [5, 5.41) is 17.0. The van der Waals surface area contributed by atoms with Crippen molar-refractivity contribution in [2.45, 2.75) is 25.3 Å². The predicted molar refractivity (Wildman–Crippen MR) is 135 cm³/mol. The molecule has 4 N–H and O–H groups in total. The van der Waals surface area contributed by atoms with Gasteiger partial charge in [-0.05, 0) is 41.9 Å². The molecule has 8 heteroatoms. The fraction of sp³-hybridized carbons (Fsp3) is 0.259. The van der Waals surface area contributed by atoms with E-state index in [1.54, 1.807) is 18.2 Å². The molecule has 1 fully saturated rings. The number of hydrogen-bond donors (Lipinski definition) is 3. The molecule has 4 aromatic rings. The molecule has 6 rings (SSSR count). The number of H-pyrrole nitrogens is 2. The van der Waals surface area contributed by atoms with Crippen LogP contribution in [-0.4, -0.2) is 33.3 Å². The smallest absolute Gasteiger partial charge is 0.264 e. The van der Waals surface area contributed by atoms with Gasteiger partial charge in [0.2, 0.25) is 5.95 Å². The van der Waals surface area contributed by atoms with Crippen molar-refractivity contribution in [3.05, 3.63) is 93.4 Å². The largest absolute Gasteiger partial charge is 0.342 e. The first-order chi connectivity index (χ1) is 17.0. The summed E-state index contributed by atoms with van der Waals surface area (Å²) in [6.07, 6.45) is 2.85. The number of aromatic nitrogens is 4. The number of anilines is 1. The Morgan fingerprint density at radius 3 is 2.69 bits per heavy atom. The molecule has 1 aliphatic heterocycles. The first-order valence-corrected chi connectivity index (χ1v) is 11.8. The van der Waals surface area contributed by atoms with Gasteiger partial charge < -0.3 is 10.6 Å². The number of nitrogens with one attached hydrogen (secondary N) is 2. The van der Waals surface area contributed by atoms with E-state index >= 15 is 0 Å². The van der Waals surface area contributed by atoms with E-state index in [2.05, 4.69) is 62.0 Å². The van der Waals surface area contributed by atoms with Crippen LogP contribution in [0.2, 0.25) is 0 Å². The van der Waals surface area contributed by atoms with Crippen molar-refractivity contribution in [1.29, 1.82) is 5.26 Å². The van der Waals surface area contributed by atoms with Gasteiger partial charge in [0.1, 0.15) is 5.39 Å². The van der Waals surface area contributed by atoms with Gasteiger partial charge in [0, 0.05) is 30.3 Å². The molecule has 0 unspecified atom stereocenters. The highest BCUT2D eigenvalue weighted by Crippen LogP contribution is 2.50. The monoisotopic (exact) mass is 463 g/mol. The van der Waals surface area contributed by atoms with E-state index in [0.717, 1.165) is 32.4 Å². The molecular weight excluding hydrogens is 438 g/mol. The maximum Gasteiger partial charge on any atom is 0.264 e. The molecule has 0 saturated carbocycles. The minimum Gasteiger partial charge on any atom is -0.342 e. The number of nitriles is 1. The number of fused-ring (bicyclic) bond motifs is 2. The van der Waals surface area contributed by atoms with E-state index in [4.69, 9.17) is 5.73 Å². The molecule has 2 aliphatic rings. The highest BCUT2D eigenvalue weighted by atomic mass is 16.1. The van der Waals surface area contributed by atoms with E-state index in [0.29, 0.717) is 39.4 Å². The van der Waals surface area contributed by atoms with E-state index in [1.807, 2.05) is 6.07 Å². The lowest BCUT2D eigenvalue weighted by molar-refractivity contribution is 0.187. The summed E-state index contributed by atoms with van der Waals surface area (Å²) in [6.45, 7) is 5.64. The average Bonchev–Trinajstić information content (AvgIpc) is 3.44. The average molecular weight is 464 g/mol. The van der Waals surface area contributed by atoms with Crippen LogP contribution >= 0.6 is 0 Å². The third-order valence-electron chi connectivity index (χ3n) is 7.74. The summed E-state index contributed by atoms with van der Waals surface area (Å²) in [4.78, 5) is 22.9. The van der Waals surface area contributed by atoms with Crippen LogP contribution in [0.5, 0.6) is 0 Å². The van der Waals surface area contributed by atoms with Gasteiger partial charge in [-0.15, -0.1) is 0 Å². The van der Waals surface area contributed by atoms with E-state index in [1.165, 1.54) is 11.1 Å². The molecule has 35 heavy (non-hydrogen) atoms. The van der Waals surface area contributed by atoms with E-state index in [-0.39, 0.29) is 17.0 Å². The summed E-state index contributed by atoms with van der Waals surface area (Å²) >= 11 is 0. The van der Waals surface area contributed by atoms with Gasteiger partial charge in [-0.1, -0.05) is 49.0 Å². The number of aromatic amines is 2. The Bertz CT molecular complexity index is 1570. The van der Waals surface area contributed by atoms with Crippen LogP contribution < -0.4 is 16.2 Å². The molecule has 0 amide bonds. The number of benzene rings is 2. The second kappa shape index (κ2) is 7.93. The Morgan fingerprint density at radius 2 is 1.91 bits per heavy atom. The van der Waals surface area contributed by atoms with Crippen LogP contribution in [0.3, 0.4) is 0 Å². The van der Waals surface area contributed by atoms with Crippen LogP contribution in [0.4, 0.5) is 5.95 Å². The Hall–Kier alpha value is -4.22. The van der Waals surface area contributed by atoms with Crippen LogP contribution in [0, 0.1) is 16.7 Å². The van der Waals surface area contributed by atoms with Gasteiger partial charge in [-0.2, -0.15) is 15.3 Å². The zero-order valence-electron chi connectivity index (χ0n) is 19.2. The fourth-order valence-electron chi connectivity index (χ4n) is 5.74. The van der Waals surface area contributed by atoms with E-state index in [9.17, 15) is 10.1 Å². The highest BCUT2D eigenvalue weighted by Gasteiger charge is 2.46. The number of rotatable bonds is 3. The van der Waals surface area contributed by atoms with Gasteiger partial charge in [-0.3, -0.25) is 14.9 Å². The summed E-state index contributed by atoms with van der Waals surface area (Å²) in [5.74, 6) is 0.516. The van der Waals surface area contributed by atoms with Crippen LogP contribution in [0.15, 0.2) is 59.9 Å². The van der Waals surface area contributed by atoms with Crippen molar-refractivity contribution in [2.75, 3.05) is 18.0 Å². The zero-order valence-corrected chi connectivity index (χ0v) is 19.2. The molecule has 2 aromatic carbocycles. The molecule has 0 bridgehead atoms. The lowest BCUT2D eigenvalue weighted by atomic mass is 9.73. The van der Waals surface area contributed by atoms with Crippen molar-refractivity contribution in [2.24, 2.45) is 11.1 Å². The summed E-state index contributed by atoms with van der Waals surface area (Å²) in [7, 11) is 0. The fourth-order valence-corrected chi connectivity index (χ4v) is 5.74. The number of piperidine rings is 1. The second-order valence-electron chi connectivity index (χ2n) is 9.53. The Morgan fingerprint density at radius 1 is 1.17 bits per heavy atom. The number of nitrogens with zero attached hydrogens (tertiary/aromatic N) is 4. The molecule has 1 atom stereocenters. The van der Waals surface area contributed by atoms with Gasteiger partial charge >= 0.3 is 0 Å². The van der Waals surface area contributed by atoms with Gasteiger partial charge in [0.15, 0.2) is 5.65 Å². The Labute approximate surface area is 202 Å². The topological polar surface area (TPSA) is 127 Å². The molecule has 1 saturated heterocycles. The van der Waals surface area contributed by atoms with Gasteiger partial charge in [0.05, 0.1) is 17.3 Å². The molecule has 2 aromatic heterocycles. The summed E-state index contributed by atoms with van der Waals surface area (Å²) < 4.78 is 0. The number of hydrogen-bond acceptors (Lipinski definition) is 6. The van der Waals surface area contributed by atoms with Crippen molar-refractivity contribution < 1.29 is 0 Å². The minimum atomic E-state index is -0.283. The van der Waals surface area contributed by atoms with Crippen LogP contribution in [0.1, 0.15) is 46.8 Å². The second-order valence-corrected chi connectivity index (χ2v) is 9.53. The number of nitrogens with two attached hydrogens (primary N) is 1. The van der Waals surface area contributed by atoms with Gasteiger partial charge in [-0.25, -0.2) is 0 Å². The molecule has 3 heterocycles. The van der Waals surface area contributed by atoms with Crippen LogP contribution in [0.25, 0.3) is 16.6 Å². The SMILES string of the molecule is C=C(c1ccccc1C#N)c1[nH]nc2nc(N3CCC4(CC3)Cc3ccccc3[C@H]4N)[nH]c(=O)c12. The normalized spacial score (nSPS) is 18.5. The molecule has 1 spiro atoms. The van der Waals surface area contributed by atoms with Gasteiger partial charge in [0.25, 0.3) is 5.56 Å². The third-order valence-corrected chi connectivity index (χ3v) is 7.74. The predicted octanol–water partition coefficient (Wildman–Crippen LogP) is 3.42. The van der Waals surface area contributed by atoms with Crippen LogP contribution in [-0.2, 0) is 6.42 Å². The zero-order chi connectivity index (χ0) is 24.2. The Balaban J connectivity index is 1.27. The quantitative estimate of drug-likeness (QED) is 0.427. The highest BCUT2D eigenvalue weighted by molar-refractivity contribution is 5.93. The molecule has 0 radical (unpaired) electrons. The molecule has 8 nitrogen and oxygen atoms in total. The molecule has 1 aliphatic carbocycles. The van der Waals surface area contributed by atoms with Crippen molar-refractivity contribution in [3.8, 4) is 6.07 Å². The third kappa shape index (κ3) is 3.27. The first kappa shape index (κ1) is 21.3. The minimum absolute atomic E-state index is 0.0338. The first-order valence-electron chi connectivity index (χ1n) is 11.8. The lowest BCUT2D eigenvalue weighted by Gasteiger charge is -2.42. The summed E-state index contributed by atoms with van der Waals surface area (Å²) in [5.41, 5.74) is 11.5. The molecular formula is C27H25N7O. The maximum atomic E-state index is 13.2. The summed E-state index contributed by atoms with van der Waals surface area (Å²) in [6, 6.07) is 17.8. The Kier molecular flexibility index (Phi) is 4.83. The lowest BCUT2D eigenvalue weighted by Crippen LogP contribution is -2.45. The maximum absolute atomic E-state index is 13.2. The van der Waals surface area contributed by atoms with Crippen molar-refractivity contribution >= 4 is 22.6 Å². The van der Waals surface area contributed by atoms with E-state index < -0.39 is 0 Å². The molecule has 174 valence electrons. The van der Waals surface area contributed by atoms with Crippen molar-refractivity contribution in [1.82, 2.24) is 20.2 Å². The standard InChI is InChI=1S/C27H25N7O/c1-16(19-8-4-3-7-18(19)15-28)22-21-24(33-32-22)30-26(31-25(21)35)34-12-10-27(11-13-34)14-17-6-2-5-9-20(17)23(27)29/h2-9,23H,1,10-14,29H2,(H2,30,31,32,33,35)/t23-/m1/s1. The van der Waals surface area contributed by atoms with Crippen molar-refractivity contribution in [3.63, 3.8) is 0 Å².